The zero-order chi connectivity index (χ0) is 27.7. The summed E-state index contributed by atoms with van der Waals surface area (Å²) in [6.45, 7) is 7.75. The van der Waals surface area contributed by atoms with Crippen LogP contribution in [0.25, 0.3) is 0 Å². The van der Waals surface area contributed by atoms with Gasteiger partial charge in [0.25, 0.3) is 0 Å². The highest BCUT2D eigenvalue weighted by Gasteiger charge is 2.35. The van der Waals surface area contributed by atoms with Crippen LogP contribution in [0, 0.1) is 11.8 Å². The molecule has 9 heteroatoms. The Hall–Kier alpha value is -3.36. The minimum Gasteiger partial charge on any atom is -0.481 e. The van der Waals surface area contributed by atoms with Crippen molar-refractivity contribution in [3.63, 3.8) is 0 Å². The summed E-state index contributed by atoms with van der Waals surface area (Å²) in [5, 5.41) is 12.1. The average molecular weight is 530 g/mol. The van der Waals surface area contributed by atoms with Crippen LogP contribution in [0.15, 0.2) is 47.5 Å². The number of amides is 2. The first kappa shape index (κ1) is 27.7. The Morgan fingerprint density at radius 2 is 1.84 bits per heavy atom. The minimum absolute atomic E-state index is 0.00405. The highest BCUT2D eigenvalue weighted by Crippen LogP contribution is 2.34. The van der Waals surface area contributed by atoms with Gasteiger partial charge in [-0.3, -0.25) is 9.79 Å². The Balaban J connectivity index is 1.53. The molecule has 0 aromatic heterocycles. The molecule has 1 fully saturated rings. The zero-order valence-corrected chi connectivity index (χ0v) is 21.9. The van der Waals surface area contributed by atoms with Gasteiger partial charge in [0.2, 0.25) is 0 Å². The number of anilines is 1. The predicted octanol–water partition coefficient (Wildman–Crippen LogP) is 6.38. The number of nitrogens with one attached hydrogen (secondary N) is 1. The van der Waals surface area contributed by atoms with Gasteiger partial charge in [0.1, 0.15) is 0 Å². The van der Waals surface area contributed by atoms with E-state index >= 15 is 0 Å². The number of aliphatic imine (C=N–C) groups is 1. The van der Waals surface area contributed by atoms with Crippen molar-refractivity contribution in [3.05, 3.63) is 64.7 Å². The number of hydrogen-bond acceptors (Lipinski definition) is 3. The number of aliphatic carboxylic acids is 1. The smallest absolute Gasteiger partial charge is 0.416 e. The molecule has 2 amide bonds. The summed E-state index contributed by atoms with van der Waals surface area (Å²) in [5.74, 6) is -1.16. The Kier molecular flexibility index (Phi) is 7.85. The molecule has 2 atom stereocenters. The lowest BCUT2D eigenvalue weighted by Crippen LogP contribution is -2.46. The van der Waals surface area contributed by atoms with E-state index in [1.807, 2.05) is 0 Å². The van der Waals surface area contributed by atoms with Crippen molar-refractivity contribution in [1.29, 1.82) is 0 Å². The molecule has 0 bridgehead atoms. The fraction of sp³-hybridized carbons (Fsp3) is 0.483. The normalized spacial score (nSPS) is 19.9. The van der Waals surface area contributed by atoms with Gasteiger partial charge in [0.15, 0.2) is 0 Å². The van der Waals surface area contributed by atoms with Gasteiger partial charge in [0.05, 0.1) is 5.56 Å². The van der Waals surface area contributed by atoms with E-state index in [1.165, 1.54) is 23.3 Å². The van der Waals surface area contributed by atoms with Crippen LogP contribution in [0.2, 0.25) is 0 Å². The van der Waals surface area contributed by atoms with E-state index in [-0.39, 0.29) is 29.4 Å². The van der Waals surface area contributed by atoms with Crippen molar-refractivity contribution in [2.75, 3.05) is 25.0 Å². The van der Waals surface area contributed by atoms with Crippen molar-refractivity contribution >= 4 is 23.4 Å². The van der Waals surface area contributed by atoms with Crippen LogP contribution in [-0.2, 0) is 22.8 Å². The number of hydrogen-bond donors (Lipinski definition) is 2. The minimum atomic E-state index is -4.51. The van der Waals surface area contributed by atoms with Gasteiger partial charge in [0, 0.05) is 37.5 Å². The number of fused-ring (bicyclic) bond motifs is 1. The second-order valence-corrected chi connectivity index (χ2v) is 11.3. The predicted molar refractivity (Wildman–Crippen MR) is 141 cm³/mol. The Labute approximate surface area is 220 Å². The van der Waals surface area contributed by atoms with Crippen LogP contribution in [0.4, 0.5) is 23.7 Å². The number of nitrogens with zero attached hydrogens (tertiary/aromatic N) is 2. The van der Waals surface area contributed by atoms with Crippen LogP contribution in [-0.4, -0.2) is 47.4 Å². The van der Waals surface area contributed by atoms with E-state index < -0.39 is 23.7 Å². The van der Waals surface area contributed by atoms with Gasteiger partial charge in [-0.05, 0) is 77.5 Å². The van der Waals surface area contributed by atoms with Crippen molar-refractivity contribution in [2.45, 2.75) is 58.0 Å². The van der Waals surface area contributed by atoms with Crippen LogP contribution in [0.5, 0.6) is 0 Å². The quantitative estimate of drug-likeness (QED) is 0.471. The van der Waals surface area contributed by atoms with Crippen molar-refractivity contribution in [3.8, 4) is 0 Å². The van der Waals surface area contributed by atoms with Crippen molar-refractivity contribution in [2.24, 2.45) is 16.8 Å². The van der Waals surface area contributed by atoms with Crippen LogP contribution in [0.3, 0.4) is 0 Å². The molecule has 2 aromatic rings. The van der Waals surface area contributed by atoms with E-state index in [4.69, 9.17) is 4.99 Å². The van der Waals surface area contributed by atoms with E-state index in [2.05, 4.69) is 44.3 Å². The molecule has 0 saturated carbocycles. The number of carboxylic acid groups (broad SMARTS) is 1. The summed E-state index contributed by atoms with van der Waals surface area (Å²) in [5.41, 5.74) is 3.62. The lowest BCUT2D eigenvalue weighted by atomic mass is 9.77. The van der Waals surface area contributed by atoms with Gasteiger partial charge in [-0.25, -0.2) is 4.79 Å². The molecule has 4 rings (SSSR count). The molecule has 0 aliphatic carbocycles. The molecule has 2 aromatic carbocycles. The SMILES string of the molecule is CC(C)(C)c1ccc2c(c1)C(C[C@H]1CN(C(=O)Nc3cccc(C(F)(F)F)c3)CC[C@H]1CC(=O)O)=NCC2. The van der Waals surface area contributed by atoms with Gasteiger partial charge in [-0.2, -0.15) is 13.2 Å². The number of rotatable bonds is 5. The molecule has 0 unspecified atom stereocenters. The number of piperidine rings is 1. The van der Waals surface area contributed by atoms with E-state index in [0.29, 0.717) is 32.5 Å². The molecule has 0 radical (unpaired) electrons. The van der Waals surface area contributed by atoms with Gasteiger partial charge in [-0.1, -0.05) is 39.0 Å². The van der Waals surface area contributed by atoms with Crippen LogP contribution >= 0.6 is 0 Å². The van der Waals surface area contributed by atoms with E-state index in [0.717, 1.165) is 29.8 Å². The standard InChI is InChI=1S/C29H34F3N3O3/c1-28(2,3)21-8-7-18-9-11-33-25(24(18)16-21)13-20-17-35(12-10-19(20)14-26(36)37)27(38)34-23-6-4-5-22(15-23)29(30,31)32/h4-8,15-16,19-20H,9-14,17H2,1-3H3,(H,34,38)(H,36,37)/t19-,20-/m0/s1. The third kappa shape index (κ3) is 6.55. The third-order valence-electron chi connectivity index (χ3n) is 7.48. The fourth-order valence-electron chi connectivity index (χ4n) is 5.31. The Bertz CT molecular complexity index is 1230. The molecule has 2 aliphatic heterocycles. The number of likely N-dealkylation sites (tertiary alicyclic amines) is 1. The van der Waals surface area contributed by atoms with Crippen LogP contribution < -0.4 is 5.32 Å². The Morgan fingerprint density at radius 1 is 1.08 bits per heavy atom. The summed E-state index contributed by atoms with van der Waals surface area (Å²) in [4.78, 5) is 31.0. The summed E-state index contributed by atoms with van der Waals surface area (Å²) in [6, 6.07) is 10.5. The second kappa shape index (κ2) is 10.8. The molecule has 2 aliphatic rings. The first-order chi connectivity index (χ1) is 17.8. The first-order valence-corrected chi connectivity index (χ1v) is 12.9. The molecule has 1 saturated heterocycles. The van der Waals surface area contributed by atoms with E-state index in [1.54, 1.807) is 4.90 Å². The lowest BCUT2D eigenvalue weighted by Gasteiger charge is -2.39. The summed E-state index contributed by atoms with van der Waals surface area (Å²) >= 11 is 0. The number of halogens is 3. The number of carbonyl (C=O) groups is 2. The van der Waals surface area contributed by atoms with Crippen LogP contribution in [0.1, 0.15) is 62.3 Å². The third-order valence-corrected chi connectivity index (χ3v) is 7.48. The number of benzene rings is 2. The van der Waals surface area contributed by atoms with Gasteiger partial charge in [-0.15, -0.1) is 0 Å². The molecule has 204 valence electrons. The Morgan fingerprint density at radius 3 is 2.53 bits per heavy atom. The number of carbonyl (C=O) groups excluding carboxylic acids is 1. The van der Waals surface area contributed by atoms with Crippen molar-refractivity contribution in [1.82, 2.24) is 4.90 Å². The fourth-order valence-corrected chi connectivity index (χ4v) is 5.31. The second-order valence-electron chi connectivity index (χ2n) is 11.3. The maximum Gasteiger partial charge on any atom is 0.416 e. The highest BCUT2D eigenvalue weighted by molar-refractivity contribution is 6.03. The topological polar surface area (TPSA) is 82.0 Å². The first-order valence-electron chi connectivity index (χ1n) is 12.9. The van der Waals surface area contributed by atoms with Gasteiger partial charge >= 0.3 is 18.2 Å². The molecule has 38 heavy (non-hydrogen) atoms. The monoisotopic (exact) mass is 529 g/mol. The zero-order valence-electron chi connectivity index (χ0n) is 21.9. The van der Waals surface area contributed by atoms with Gasteiger partial charge < -0.3 is 15.3 Å². The average Bonchev–Trinajstić information content (AvgIpc) is 2.83. The summed E-state index contributed by atoms with van der Waals surface area (Å²) in [6.07, 6.45) is -2.64. The molecule has 0 spiro atoms. The molecule has 2 heterocycles. The highest BCUT2D eigenvalue weighted by atomic mass is 19.4. The maximum atomic E-state index is 13.1. The number of carboxylic acids is 1. The maximum absolute atomic E-state index is 13.1. The summed E-state index contributed by atoms with van der Waals surface area (Å²) < 4.78 is 39.3. The summed E-state index contributed by atoms with van der Waals surface area (Å²) in [7, 11) is 0. The molecular formula is C29H34F3N3O3. The van der Waals surface area contributed by atoms with Crippen molar-refractivity contribution < 1.29 is 27.9 Å². The van der Waals surface area contributed by atoms with E-state index in [9.17, 15) is 27.9 Å². The molecule has 2 N–H and O–H groups in total. The number of alkyl halides is 3. The largest absolute Gasteiger partial charge is 0.481 e. The molecular weight excluding hydrogens is 495 g/mol. The lowest BCUT2D eigenvalue weighted by molar-refractivity contribution is -0.139. The number of urea groups is 1. The molecule has 6 nitrogen and oxygen atoms in total.